The third-order valence-corrected chi connectivity index (χ3v) is 2.07. The topological polar surface area (TPSA) is 28.7 Å². The summed E-state index contributed by atoms with van der Waals surface area (Å²) in [6.07, 6.45) is 0. The molecule has 2 rings (SSSR count). The predicted octanol–water partition coefficient (Wildman–Crippen LogP) is 0.357. The minimum absolute atomic E-state index is 1.06. The van der Waals surface area contributed by atoms with E-state index in [1.807, 2.05) is 24.3 Å². The van der Waals surface area contributed by atoms with Crippen LogP contribution in [0.3, 0.4) is 0 Å². The van der Waals surface area contributed by atoms with Crippen LogP contribution in [0.15, 0.2) is 24.3 Å². The molecule has 1 aromatic heterocycles. The van der Waals surface area contributed by atoms with Crippen molar-refractivity contribution in [2.24, 2.45) is 0 Å². The quantitative estimate of drug-likeness (QED) is 0.657. The van der Waals surface area contributed by atoms with Crippen molar-refractivity contribution in [2.75, 3.05) is 0 Å². The van der Waals surface area contributed by atoms with Crippen LogP contribution < -0.4 is 3.84 Å². The molecule has 3 heteroatoms. The zero-order valence-electron chi connectivity index (χ0n) is 5.26. The Kier molecular flexibility index (Phi) is 1.41. The third kappa shape index (κ3) is 0.922. The molecular weight excluding hydrogens is 231 g/mol. The molecule has 47 valence electrons. The average Bonchev–Trinajstić information content (AvgIpc) is 2.27. The Balaban J connectivity index is 2.88. The summed E-state index contributed by atoms with van der Waals surface area (Å²) in [4.78, 5) is 7.48. The van der Waals surface area contributed by atoms with Gasteiger partial charge in [-0.15, -0.1) is 0 Å². The van der Waals surface area contributed by atoms with Crippen LogP contribution in [0.4, 0.5) is 0 Å². The third-order valence-electron chi connectivity index (χ3n) is 1.39. The van der Waals surface area contributed by atoms with Gasteiger partial charge in [-0.3, -0.25) is 0 Å². The first-order chi connectivity index (χ1) is 4.86. The molecule has 0 bridgehead atoms. The number of nitrogens with zero attached hydrogens (tertiary/aromatic N) is 1. The number of H-pyrrole nitrogens is 1. The van der Waals surface area contributed by atoms with E-state index < -0.39 is 0 Å². The summed E-state index contributed by atoms with van der Waals surface area (Å²) in [5.74, 6) is 0. The Morgan fingerprint density at radius 2 is 2.10 bits per heavy atom. The second kappa shape index (κ2) is 2.27. The van der Waals surface area contributed by atoms with Crippen LogP contribution in [0.2, 0.25) is 0 Å². The standard InChI is InChI=1S/C7H5N2.Sn/c1-2-4-7-6(3-1)8-5-9-7;/h1-4H,(H,8,9);. The van der Waals surface area contributed by atoms with Gasteiger partial charge in [0.15, 0.2) is 0 Å². The fourth-order valence-corrected chi connectivity index (χ4v) is 1.68. The number of rotatable bonds is 0. The summed E-state index contributed by atoms with van der Waals surface area (Å²) in [5.41, 5.74) is 2.20. The van der Waals surface area contributed by atoms with Gasteiger partial charge in [0.05, 0.1) is 0 Å². The molecule has 0 amide bonds. The molecular formula is C7H5N2Sn. The van der Waals surface area contributed by atoms with Crippen LogP contribution in [-0.4, -0.2) is 32.5 Å². The van der Waals surface area contributed by atoms with E-state index in [0.717, 1.165) is 14.9 Å². The molecule has 1 aromatic carbocycles. The van der Waals surface area contributed by atoms with E-state index in [4.69, 9.17) is 0 Å². The molecule has 0 atom stereocenters. The van der Waals surface area contributed by atoms with Gasteiger partial charge in [0, 0.05) is 0 Å². The number of fused-ring (bicyclic) bond motifs is 1. The SMILES string of the molecule is [Sn][c]1nc2ccccc2[nH]1. The Hall–Kier alpha value is -0.511. The van der Waals surface area contributed by atoms with Crippen LogP contribution in [0.25, 0.3) is 11.0 Å². The van der Waals surface area contributed by atoms with Crippen molar-refractivity contribution in [3.05, 3.63) is 24.3 Å². The van der Waals surface area contributed by atoms with E-state index in [1.54, 1.807) is 0 Å². The number of hydrogen-bond acceptors (Lipinski definition) is 1. The average molecular weight is 236 g/mol. The van der Waals surface area contributed by atoms with Crippen molar-refractivity contribution in [1.29, 1.82) is 0 Å². The van der Waals surface area contributed by atoms with Gasteiger partial charge in [-0.2, -0.15) is 0 Å². The van der Waals surface area contributed by atoms with Crippen molar-refractivity contribution in [2.45, 2.75) is 0 Å². The first-order valence-electron chi connectivity index (χ1n) is 3.02. The molecule has 0 aliphatic heterocycles. The van der Waals surface area contributed by atoms with Gasteiger partial charge >= 0.3 is 71.6 Å². The molecule has 1 heterocycles. The van der Waals surface area contributed by atoms with Gasteiger partial charge in [-0.25, -0.2) is 0 Å². The fraction of sp³-hybridized carbons (Fsp3) is 0. The molecule has 0 spiro atoms. The van der Waals surface area contributed by atoms with E-state index in [9.17, 15) is 0 Å². The van der Waals surface area contributed by atoms with Crippen molar-refractivity contribution in [1.82, 2.24) is 9.97 Å². The molecule has 2 aromatic rings. The Morgan fingerprint density at radius 1 is 1.30 bits per heavy atom. The number of benzene rings is 1. The van der Waals surface area contributed by atoms with Crippen LogP contribution in [0, 0.1) is 0 Å². The number of nitrogens with one attached hydrogen (secondary N) is 1. The number of aromatic nitrogens is 2. The van der Waals surface area contributed by atoms with Crippen LogP contribution in [0.5, 0.6) is 0 Å². The zero-order chi connectivity index (χ0) is 6.97. The van der Waals surface area contributed by atoms with Crippen molar-refractivity contribution >= 4 is 37.4 Å². The Labute approximate surface area is 71.8 Å². The first kappa shape index (κ1) is 6.22. The molecule has 1 N–H and O–H groups in total. The van der Waals surface area contributed by atoms with Gasteiger partial charge in [-0.05, 0) is 0 Å². The second-order valence-corrected chi connectivity index (χ2v) is 3.45. The van der Waals surface area contributed by atoms with E-state index in [2.05, 4.69) is 9.97 Å². The molecule has 3 radical (unpaired) electrons. The molecule has 0 saturated heterocycles. The summed E-state index contributed by atoms with van der Waals surface area (Å²) < 4.78 is 1.06. The van der Waals surface area contributed by atoms with Gasteiger partial charge < -0.3 is 0 Å². The van der Waals surface area contributed by atoms with E-state index in [1.165, 1.54) is 22.5 Å². The molecule has 10 heavy (non-hydrogen) atoms. The maximum atomic E-state index is 4.30. The van der Waals surface area contributed by atoms with Crippen molar-refractivity contribution < 1.29 is 0 Å². The summed E-state index contributed by atoms with van der Waals surface area (Å²) in [6.45, 7) is 0. The van der Waals surface area contributed by atoms with Crippen LogP contribution in [-0.2, 0) is 0 Å². The Bertz CT molecular complexity index is 320. The normalized spacial score (nSPS) is 10.5. The molecule has 0 fully saturated rings. The van der Waals surface area contributed by atoms with Crippen LogP contribution in [0.1, 0.15) is 0 Å². The summed E-state index contributed by atoms with van der Waals surface area (Å²) in [5, 5.41) is 0. The van der Waals surface area contributed by atoms with Gasteiger partial charge in [0.2, 0.25) is 0 Å². The van der Waals surface area contributed by atoms with Gasteiger partial charge in [0.25, 0.3) is 0 Å². The molecule has 0 saturated carbocycles. The van der Waals surface area contributed by atoms with E-state index in [-0.39, 0.29) is 0 Å². The van der Waals surface area contributed by atoms with Crippen LogP contribution >= 0.6 is 0 Å². The monoisotopic (exact) mass is 237 g/mol. The molecule has 0 unspecified atom stereocenters. The van der Waals surface area contributed by atoms with Crippen molar-refractivity contribution in [3.8, 4) is 0 Å². The maximum absolute atomic E-state index is 4.30. The van der Waals surface area contributed by atoms with E-state index in [0.29, 0.717) is 0 Å². The molecule has 0 aliphatic rings. The first-order valence-corrected chi connectivity index (χ1v) is 4.45. The number of para-hydroxylation sites is 2. The fourth-order valence-electron chi connectivity index (χ4n) is 0.953. The van der Waals surface area contributed by atoms with Gasteiger partial charge in [0.1, 0.15) is 0 Å². The summed E-state index contributed by atoms with van der Waals surface area (Å²) in [6, 6.07) is 8.06. The zero-order valence-corrected chi connectivity index (χ0v) is 8.11. The Morgan fingerprint density at radius 3 is 2.90 bits per heavy atom. The molecule has 0 aliphatic carbocycles. The van der Waals surface area contributed by atoms with Crippen molar-refractivity contribution in [3.63, 3.8) is 0 Å². The van der Waals surface area contributed by atoms with Gasteiger partial charge in [-0.1, -0.05) is 0 Å². The number of hydrogen-bond donors (Lipinski definition) is 1. The predicted molar refractivity (Wildman–Crippen MR) is 41.5 cm³/mol. The summed E-state index contributed by atoms with van der Waals surface area (Å²) >= 11 is 1.33. The number of aromatic amines is 1. The summed E-state index contributed by atoms with van der Waals surface area (Å²) in [7, 11) is 0. The minimum atomic E-state index is 1.06. The van der Waals surface area contributed by atoms with E-state index >= 15 is 0 Å². The number of imidazole rings is 1. The molecule has 2 nitrogen and oxygen atoms in total. The second-order valence-electron chi connectivity index (χ2n) is 2.10.